The first-order chi connectivity index (χ1) is 22.6. The lowest BCUT2D eigenvalue weighted by atomic mass is 9.46. The van der Waals surface area contributed by atoms with Crippen LogP contribution in [-0.2, 0) is 36.6 Å². The Morgan fingerprint density at radius 2 is 1.96 bits per heavy atom. The van der Waals surface area contributed by atoms with Crippen molar-refractivity contribution < 1.29 is 38.0 Å². The molecule has 2 aliphatic heterocycles. The van der Waals surface area contributed by atoms with Crippen molar-refractivity contribution in [2.45, 2.75) is 76.5 Å². The van der Waals surface area contributed by atoms with Gasteiger partial charge in [0.05, 0.1) is 24.5 Å². The van der Waals surface area contributed by atoms with E-state index in [0.29, 0.717) is 25.1 Å². The zero-order chi connectivity index (χ0) is 32.7. The highest BCUT2D eigenvalue weighted by Crippen LogP contribution is 2.70. The van der Waals surface area contributed by atoms with E-state index in [-0.39, 0.29) is 29.3 Å². The van der Waals surface area contributed by atoms with Gasteiger partial charge < -0.3 is 29.8 Å². The van der Waals surface area contributed by atoms with Crippen molar-refractivity contribution in [1.82, 2.24) is 0 Å². The van der Waals surface area contributed by atoms with E-state index in [1.54, 1.807) is 12.2 Å². The van der Waals surface area contributed by atoms with E-state index < -0.39 is 48.4 Å². The van der Waals surface area contributed by atoms with Crippen LogP contribution < -0.4 is 10.5 Å². The van der Waals surface area contributed by atoms with Gasteiger partial charge in [0.2, 0.25) is 0 Å². The van der Waals surface area contributed by atoms with Crippen LogP contribution in [0.25, 0.3) is 0 Å². The maximum absolute atomic E-state index is 14.2. The summed E-state index contributed by atoms with van der Waals surface area (Å²) in [5, 5.41) is 11.9. The molecular formula is C38H42FNO7. The van der Waals surface area contributed by atoms with Gasteiger partial charge in [-0.15, -0.1) is 0 Å². The summed E-state index contributed by atoms with van der Waals surface area (Å²) in [6, 6.07) is 12.0. The average Bonchev–Trinajstić information content (AvgIpc) is 3.76. The van der Waals surface area contributed by atoms with Crippen LogP contribution in [0.3, 0.4) is 0 Å². The summed E-state index contributed by atoms with van der Waals surface area (Å²) in [7, 11) is 0. The van der Waals surface area contributed by atoms with Gasteiger partial charge in [0.1, 0.15) is 12.4 Å². The number of Topliss-reactive ketones (excluding diaryl/α,β-unsaturated/α-hetero) is 1. The van der Waals surface area contributed by atoms with Gasteiger partial charge >= 0.3 is 0 Å². The smallest absolute Gasteiger partial charge is 0.193 e. The Bertz CT molecular complexity index is 1690. The minimum atomic E-state index is -1.40. The predicted octanol–water partition coefficient (Wildman–Crippen LogP) is 5.35. The molecular weight excluding hydrogens is 601 g/mol. The number of halogens is 1. The Labute approximate surface area is 274 Å². The molecule has 2 aromatic carbocycles. The number of anilines is 1. The van der Waals surface area contributed by atoms with Crippen molar-refractivity contribution in [3.8, 4) is 5.75 Å². The molecule has 0 spiro atoms. The normalized spacial score (nSPS) is 38.1. The molecule has 8 nitrogen and oxygen atoms in total. The van der Waals surface area contributed by atoms with Crippen LogP contribution in [0.5, 0.6) is 5.75 Å². The summed E-state index contributed by atoms with van der Waals surface area (Å²) in [4.78, 5) is 26.4. The van der Waals surface area contributed by atoms with Crippen molar-refractivity contribution in [1.29, 1.82) is 0 Å². The molecule has 3 saturated carbocycles. The van der Waals surface area contributed by atoms with E-state index in [4.69, 9.17) is 24.7 Å². The topological polar surface area (TPSA) is 117 Å². The SMILES string of the molecule is C[C@]12C=CC(=O)C=C1CC[C@@H]1[C@@H]2[C@@H](O)C[C@@]2(C)[C@H]1C[C@H]1O[C@@H](c3ccc(Cc4ccc(N)c5c4CCO5)cc3)O[C@]12C(=O)COCF. The van der Waals surface area contributed by atoms with Crippen LogP contribution in [0.2, 0.25) is 0 Å². The number of ether oxygens (including phenoxy) is 4. The monoisotopic (exact) mass is 643 g/mol. The Morgan fingerprint density at radius 3 is 2.74 bits per heavy atom. The van der Waals surface area contributed by atoms with Crippen LogP contribution in [-0.4, -0.2) is 54.6 Å². The first-order valence-electron chi connectivity index (χ1n) is 16.8. The summed E-state index contributed by atoms with van der Waals surface area (Å²) in [6.07, 6.45) is 7.25. The molecule has 0 amide bonds. The van der Waals surface area contributed by atoms with Gasteiger partial charge in [-0.3, -0.25) is 9.59 Å². The van der Waals surface area contributed by atoms with Crippen LogP contribution in [0, 0.1) is 28.6 Å². The van der Waals surface area contributed by atoms with Crippen LogP contribution >= 0.6 is 0 Å². The molecule has 0 unspecified atom stereocenters. The number of fused-ring (bicyclic) bond motifs is 8. The lowest BCUT2D eigenvalue weighted by molar-refractivity contribution is -0.202. The Kier molecular flexibility index (Phi) is 7.30. The van der Waals surface area contributed by atoms with Gasteiger partial charge in [0.25, 0.3) is 0 Å². The fourth-order valence-electron chi connectivity index (χ4n) is 10.5. The highest BCUT2D eigenvalue weighted by atomic mass is 19.1. The van der Waals surface area contributed by atoms with Gasteiger partial charge in [-0.1, -0.05) is 55.8 Å². The first kappa shape index (κ1) is 30.9. The molecule has 3 N–H and O–H groups in total. The molecule has 9 heteroatoms. The zero-order valence-corrected chi connectivity index (χ0v) is 26.9. The van der Waals surface area contributed by atoms with Gasteiger partial charge in [0.15, 0.2) is 30.3 Å². The number of nitrogens with two attached hydrogens (primary N) is 1. The summed E-state index contributed by atoms with van der Waals surface area (Å²) in [6.45, 7) is 3.30. The van der Waals surface area contributed by atoms with Gasteiger partial charge in [-0.25, -0.2) is 4.39 Å². The van der Waals surface area contributed by atoms with E-state index >= 15 is 0 Å². The largest absolute Gasteiger partial charge is 0.491 e. The van der Waals surface area contributed by atoms with Crippen LogP contribution in [0.15, 0.2) is 60.2 Å². The fourth-order valence-corrected chi connectivity index (χ4v) is 10.5. The number of benzene rings is 2. The molecule has 9 atom stereocenters. The number of aliphatic hydroxyl groups excluding tert-OH is 1. The molecule has 47 heavy (non-hydrogen) atoms. The number of rotatable bonds is 7. The maximum Gasteiger partial charge on any atom is 0.193 e. The van der Waals surface area contributed by atoms with E-state index in [1.165, 1.54) is 5.56 Å². The van der Waals surface area contributed by atoms with Crippen molar-refractivity contribution in [2.75, 3.05) is 25.8 Å². The maximum atomic E-state index is 14.2. The molecule has 0 radical (unpaired) electrons. The Morgan fingerprint density at radius 1 is 1.15 bits per heavy atom. The molecule has 0 aromatic heterocycles. The molecule has 6 aliphatic rings. The third kappa shape index (κ3) is 4.46. The molecule has 4 fully saturated rings. The lowest BCUT2D eigenvalue weighted by Crippen LogP contribution is -2.63. The second-order valence-corrected chi connectivity index (χ2v) is 14.8. The number of hydrogen-bond acceptors (Lipinski definition) is 8. The molecule has 8 rings (SSSR count). The van der Waals surface area contributed by atoms with Crippen molar-refractivity contribution >= 4 is 17.3 Å². The summed E-state index contributed by atoms with van der Waals surface area (Å²) in [5.74, 6) is 0.443. The van der Waals surface area contributed by atoms with E-state index in [0.717, 1.165) is 53.7 Å². The highest BCUT2D eigenvalue weighted by molar-refractivity contribution is 6.01. The third-order valence-corrected chi connectivity index (χ3v) is 12.6. The second kappa shape index (κ2) is 11.1. The molecule has 2 aromatic rings. The van der Waals surface area contributed by atoms with Crippen LogP contribution in [0.4, 0.5) is 10.1 Å². The number of alkyl halides is 1. The van der Waals surface area contributed by atoms with E-state index in [2.05, 4.69) is 13.0 Å². The van der Waals surface area contributed by atoms with Crippen LogP contribution in [0.1, 0.15) is 68.1 Å². The number of hydrogen-bond donors (Lipinski definition) is 2. The quantitative estimate of drug-likeness (QED) is 0.388. The number of aliphatic hydroxyl groups is 1. The molecule has 248 valence electrons. The van der Waals surface area contributed by atoms with Crippen molar-refractivity contribution in [3.05, 3.63) is 82.5 Å². The average molecular weight is 644 g/mol. The summed E-state index contributed by atoms with van der Waals surface area (Å²) < 4.78 is 37.5. The van der Waals surface area contributed by atoms with E-state index in [9.17, 15) is 19.1 Å². The molecule has 1 saturated heterocycles. The molecule has 4 aliphatic carbocycles. The second-order valence-electron chi connectivity index (χ2n) is 14.8. The fraction of sp³-hybridized carbons (Fsp3) is 0.526. The van der Waals surface area contributed by atoms with Gasteiger partial charge in [-0.05, 0) is 73.3 Å². The Balaban J connectivity index is 1.08. The molecule has 0 bridgehead atoms. The number of nitrogen functional groups attached to an aromatic ring is 1. The minimum absolute atomic E-state index is 0.0110. The zero-order valence-electron chi connectivity index (χ0n) is 26.9. The number of carbonyl (C=O) groups excluding carboxylic acids is 2. The van der Waals surface area contributed by atoms with E-state index in [1.807, 2.05) is 43.3 Å². The third-order valence-electron chi connectivity index (χ3n) is 12.6. The summed E-state index contributed by atoms with van der Waals surface area (Å²) in [5.41, 5.74) is 9.48. The number of allylic oxidation sites excluding steroid dienone is 4. The number of carbonyl (C=O) groups is 2. The molecule has 2 heterocycles. The van der Waals surface area contributed by atoms with Gasteiger partial charge in [-0.2, -0.15) is 0 Å². The Hall–Kier alpha value is -3.37. The minimum Gasteiger partial charge on any atom is -0.491 e. The first-order valence-corrected chi connectivity index (χ1v) is 16.8. The lowest BCUT2D eigenvalue weighted by Gasteiger charge is -2.59. The standard InChI is InChI=1S/C38H42FNO7/c1-36-13-11-25(41)16-24(36)8-9-27-28-17-32-38(31(43)19-44-20-39,37(28,2)18-30(42)33(27)36)47-35(46-32)22-5-3-21(4-6-22)15-23-7-10-29(40)34-26(23)12-14-45-34/h3-7,10-11,13,16,27-28,30,32-33,35,42H,8-9,12,14-15,17-20,40H2,1-2H3/t27-,28-,30-,32+,33+,35+,36-,37-,38+/m0/s1. The highest BCUT2D eigenvalue weighted by Gasteiger charge is 2.76. The number of ketones is 2. The summed E-state index contributed by atoms with van der Waals surface area (Å²) >= 11 is 0. The van der Waals surface area contributed by atoms with Gasteiger partial charge in [0, 0.05) is 34.3 Å². The van der Waals surface area contributed by atoms with Crippen molar-refractivity contribution in [2.24, 2.45) is 28.6 Å². The van der Waals surface area contributed by atoms with Crippen molar-refractivity contribution in [3.63, 3.8) is 0 Å². The predicted molar refractivity (Wildman–Crippen MR) is 171 cm³/mol.